The molecule has 1 aliphatic carbocycles. The molecule has 2 unspecified atom stereocenters. The SMILES string of the molecule is CC1CC(C)(C)CCC1Nc1ccc(F)cc1. The molecule has 2 atom stereocenters. The van der Waals surface area contributed by atoms with Gasteiger partial charge in [0, 0.05) is 11.7 Å². The predicted molar refractivity (Wildman–Crippen MR) is 70.6 cm³/mol. The van der Waals surface area contributed by atoms with E-state index in [4.69, 9.17) is 0 Å². The number of nitrogens with one attached hydrogen (secondary N) is 1. The van der Waals surface area contributed by atoms with Crippen LogP contribution >= 0.6 is 0 Å². The Bertz CT molecular complexity index is 369. The Morgan fingerprint density at radius 3 is 2.47 bits per heavy atom. The van der Waals surface area contributed by atoms with Crippen molar-refractivity contribution in [3.63, 3.8) is 0 Å². The van der Waals surface area contributed by atoms with Crippen LogP contribution in [0.5, 0.6) is 0 Å². The molecule has 2 heteroatoms. The zero-order valence-electron chi connectivity index (χ0n) is 11.0. The van der Waals surface area contributed by atoms with Crippen LogP contribution in [0.1, 0.15) is 40.0 Å². The van der Waals surface area contributed by atoms with Crippen LogP contribution < -0.4 is 5.32 Å². The van der Waals surface area contributed by atoms with E-state index in [1.807, 2.05) is 12.1 Å². The maximum Gasteiger partial charge on any atom is 0.123 e. The van der Waals surface area contributed by atoms with Crippen molar-refractivity contribution < 1.29 is 4.39 Å². The summed E-state index contributed by atoms with van der Waals surface area (Å²) in [6.45, 7) is 7.00. The summed E-state index contributed by atoms with van der Waals surface area (Å²) < 4.78 is 12.8. The third-order valence-electron chi connectivity index (χ3n) is 3.89. The van der Waals surface area contributed by atoms with E-state index in [0.29, 0.717) is 17.4 Å². The van der Waals surface area contributed by atoms with Gasteiger partial charge in [-0.05, 0) is 54.9 Å². The Morgan fingerprint density at radius 1 is 1.24 bits per heavy atom. The van der Waals surface area contributed by atoms with E-state index < -0.39 is 0 Å². The summed E-state index contributed by atoms with van der Waals surface area (Å²) in [6.07, 6.45) is 3.72. The molecule has 17 heavy (non-hydrogen) atoms. The molecule has 2 rings (SSSR count). The summed E-state index contributed by atoms with van der Waals surface area (Å²) in [6, 6.07) is 7.19. The predicted octanol–water partition coefficient (Wildman–Crippen LogP) is 4.45. The van der Waals surface area contributed by atoms with Gasteiger partial charge in [0.05, 0.1) is 0 Å². The molecule has 1 nitrogen and oxygen atoms in total. The third kappa shape index (κ3) is 3.21. The van der Waals surface area contributed by atoms with Gasteiger partial charge in [0.25, 0.3) is 0 Å². The summed E-state index contributed by atoms with van der Waals surface area (Å²) in [7, 11) is 0. The summed E-state index contributed by atoms with van der Waals surface area (Å²) in [5.41, 5.74) is 1.50. The molecule has 1 N–H and O–H groups in total. The van der Waals surface area contributed by atoms with Crippen molar-refractivity contribution in [1.82, 2.24) is 0 Å². The summed E-state index contributed by atoms with van der Waals surface area (Å²) in [5, 5.41) is 3.53. The standard InChI is InChI=1S/C15H22FN/c1-11-10-15(2,3)9-8-14(11)17-13-6-4-12(16)5-7-13/h4-7,11,14,17H,8-10H2,1-3H3. The third-order valence-corrected chi connectivity index (χ3v) is 3.89. The minimum absolute atomic E-state index is 0.173. The molecule has 1 aromatic carbocycles. The van der Waals surface area contributed by atoms with E-state index in [1.165, 1.54) is 31.4 Å². The molecule has 0 aromatic heterocycles. The van der Waals surface area contributed by atoms with Crippen LogP contribution in [0.15, 0.2) is 24.3 Å². The zero-order valence-corrected chi connectivity index (χ0v) is 11.0. The number of halogens is 1. The van der Waals surface area contributed by atoms with Crippen molar-refractivity contribution in [3.05, 3.63) is 30.1 Å². The number of hydrogen-bond acceptors (Lipinski definition) is 1. The normalized spacial score (nSPS) is 27.8. The summed E-state index contributed by atoms with van der Waals surface area (Å²) in [4.78, 5) is 0. The fraction of sp³-hybridized carbons (Fsp3) is 0.600. The van der Waals surface area contributed by atoms with Gasteiger partial charge < -0.3 is 5.32 Å². The fourth-order valence-corrected chi connectivity index (χ4v) is 2.92. The smallest absolute Gasteiger partial charge is 0.123 e. The number of benzene rings is 1. The van der Waals surface area contributed by atoms with Crippen LogP contribution in [0.3, 0.4) is 0 Å². The van der Waals surface area contributed by atoms with Crippen molar-refractivity contribution in [1.29, 1.82) is 0 Å². The highest BCUT2D eigenvalue weighted by Crippen LogP contribution is 2.39. The van der Waals surface area contributed by atoms with Gasteiger partial charge in [-0.3, -0.25) is 0 Å². The van der Waals surface area contributed by atoms with E-state index in [9.17, 15) is 4.39 Å². The molecule has 0 aliphatic heterocycles. The van der Waals surface area contributed by atoms with E-state index >= 15 is 0 Å². The Morgan fingerprint density at radius 2 is 1.88 bits per heavy atom. The lowest BCUT2D eigenvalue weighted by atomic mass is 9.70. The molecule has 94 valence electrons. The van der Waals surface area contributed by atoms with Gasteiger partial charge >= 0.3 is 0 Å². The van der Waals surface area contributed by atoms with E-state index in [-0.39, 0.29) is 5.82 Å². The van der Waals surface area contributed by atoms with Gasteiger partial charge in [0.15, 0.2) is 0 Å². The minimum Gasteiger partial charge on any atom is -0.382 e. The van der Waals surface area contributed by atoms with Crippen molar-refractivity contribution in [2.45, 2.75) is 46.1 Å². The molecular weight excluding hydrogens is 213 g/mol. The number of hydrogen-bond donors (Lipinski definition) is 1. The summed E-state index contributed by atoms with van der Waals surface area (Å²) in [5.74, 6) is 0.497. The largest absolute Gasteiger partial charge is 0.382 e. The highest BCUT2D eigenvalue weighted by atomic mass is 19.1. The van der Waals surface area contributed by atoms with E-state index in [0.717, 1.165) is 5.69 Å². The molecule has 1 saturated carbocycles. The van der Waals surface area contributed by atoms with Crippen LogP contribution in [-0.4, -0.2) is 6.04 Å². The lowest BCUT2D eigenvalue weighted by Gasteiger charge is -2.40. The maximum atomic E-state index is 12.8. The van der Waals surface area contributed by atoms with Crippen LogP contribution in [0.25, 0.3) is 0 Å². The first-order valence-corrected chi connectivity index (χ1v) is 6.48. The molecule has 1 aromatic rings. The van der Waals surface area contributed by atoms with Crippen LogP contribution in [0.4, 0.5) is 10.1 Å². The van der Waals surface area contributed by atoms with Crippen LogP contribution in [-0.2, 0) is 0 Å². The Labute approximate surface area is 103 Å². The Hall–Kier alpha value is -1.05. The minimum atomic E-state index is -0.173. The molecule has 1 aliphatic rings. The highest BCUT2D eigenvalue weighted by molar-refractivity contribution is 5.44. The highest BCUT2D eigenvalue weighted by Gasteiger charge is 2.32. The van der Waals surface area contributed by atoms with E-state index in [2.05, 4.69) is 26.1 Å². The topological polar surface area (TPSA) is 12.0 Å². The first-order chi connectivity index (χ1) is 7.96. The van der Waals surface area contributed by atoms with Crippen LogP contribution in [0.2, 0.25) is 0 Å². The average molecular weight is 235 g/mol. The second-order valence-electron chi connectivity index (χ2n) is 6.14. The second kappa shape index (κ2) is 4.67. The first kappa shape index (κ1) is 12.4. The molecule has 0 bridgehead atoms. The second-order valence-corrected chi connectivity index (χ2v) is 6.14. The van der Waals surface area contributed by atoms with Crippen molar-refractivity contribution >= 4 is 5.69 Å². The first-order valence-electron chi connectivity index (χ1n) is 6.48. The molecular formula is C15H22FN. The zero-order chi connectivity index (χ0) is 12.5. The molecule has 1 fully saturated rings. The van der Waals surface area contributed by atoms with Crippen molar-refractivity contribution in [2.24, 2.45) is 11.3 Å². The van der Waals surface area contributed by atoms with Gasteiger partial charge in [-0.2, -0.15) is 0 Å². The average Bonchev–Trinajstić information content (AvgIpc) is 2.24. The maximum absolute atomic E-state index is 12.8. The monoisotopic (exact) mass is 235 g/mol. The van der Waals surface area contributed by atoms with Crippen molar-refractivity contribution in [3.8, 4) is 0 Å². The van der Waals surface area contributed by atoms with E-state index in [1.54, 1.807) is 0 Å². The number of rotatable bonds is 2. The van der Waals surface area contributed by atoms with Gasteiger partial charge in [0.1, 0.15) is 5.82 Å². The van der Waals surface area contributed by atoms with Gasteiger partial charge in [-0.15, -0.1) is 0 Å². The number of anilines is 1. The molecule has 0 radical (unpaired) electrons. The fourth-order valence-electron chi connectivity index (χ4n) is 2.92. The molecule has 0 saturated heterocycles. The Balaban J connectivity index is 1.98. The molecule has 0 amide bonds. The van der Waals surface area contributed by atoms with Crippen molar-refractivity contribution in [2.75, 3.05) is 5.32 Å². The van der Waals surface area contributed by atoms with Gasteiger partial charge in [-0.1, -0.05) is 20.8 Å². The molecule has 0 heterocycles. The van der Waals surface area contributed by atoms with Gasteiger partial charge in [-0.25, -0.2) is 4.39 Å². The summed E-state index contributed by atoms with van der Waals surface area (Å²) >= 11 is 0. The Kier molecular flexibility index (Phi) is 3.41. The van der Waals surface area contributed by atoms with Crippen LogP contribution in [0, 0.1) is 17.2 Å². The lowest BCUT2D eigenvalue weighted by molar-refractivity contribution is 0.177. The lowest BCUT2D eigenvalue weighted by Crippen LogP contribution is -2.36. The quantitative estimate of drug-likeness (QED) is 0.798. The molecule has 0 spiro atoms. The van der Waals surface area contributed by atoms with Gasteiger partial charge in [0.2, 0.25) is 0 Å².